The first kappa shape index (κ1) is 15.5. The summed E-state index contributed by atoms with van der Waals surface area (Å²) in [7, 11) is -3.27. The van der Waals surface area contributed by atoms with E-state index in [0.717, 1.165) is 5.56 Å². The van der Waals surface area contributed by atoms with Crippen molar-refractivity contribution in [2.75, 3.05) is 12.4 Å². The molecule has 0 aliphatic heterocycles. The third-order valence-electron chi connectivity index (χ3n) is 2.64. The molecule has 5 heteroatoms. The minimum Gasteiger partial charge on any atom is -0.212 e. The average Bonchev–Trinajstić information content (AvgIpc) is 2.29. The number of rotatable bonds is 7. The third-order valence-corrected chi connectivity index (χ3v) is 4.92. The Kier molecular flexibility index (Phi) is 6.12. The monoisotopic (exact) mass is 289 g/mol. The summed E-state index contributed by atoms with van der Waals surface area (Å²) in [5, 5.41) is 0. The Morgan fingerprint density at radius 3 is 2.33 bits per heavy atom. The summed E-state index contributed by atoms with van der Waals surface area (Å²) in [5.41, 5.74) is 0.814. The van der Waals surface area contributed by atoms with Crippen molar-refractivity contribution in [2.45, 2.75) is 32.1 Å². The molecule has 102 valence electrons. The van der Waals surface area contributed by atoms with Gasteiger partial charge in [-0.2, -0.15) is 4.31 Å². The van der Waals surface area contributed by atoms with E-state index < -0.39 is 10.0 Å². The summed E-state index contributed by atoms with van der Waals surface area (Å²) in [5.74, 6) is 0.526. The molecule has 0 saturated carbocycles. The van der Waals surface area contributed by atoms with Crippen LogP contribution >= 0.6 is 11.6 Å². The average molecular weight is 290 g/mol. The first-order valence-electron chi connectivity index (χ1n) is 6.07. The fourth-order valence-corrected chi connectivity index (χ4v) is 3.75. The topological polar surface area (TPSA) is 37.4 Å². The molecule has 0 aromatic heterocycles. The molecule has 0 aliphatic carbocycles. The van der Waals surface area contributed by atoms with E-state index in [9.17, 15) is 8.42 Å². The van der Waals surface area contributed by atoms with Gasteiger partial charge in [0.1, 0.15) is 0 Å². The zero-order valence-corrected chi connectivity index (χ0v) is 12.4. The van der Waals surface area contributed by atoms with Crippen LogP contribution in [0, 0.1) is 0 Å². The highest BCUT2D eigenvalue weighted by Crippen LogP contribution is 2.14. The van der Waals surface area contributed by atoms with Gasteiger partial charge in [0.15, 0.2) is 0 Å². The molecule has 18 heavy (non-hydrogen) atoms. The van der Waals surface area contributed by atoms with E-state index >= 15 is 0 Å². The minimum atomic E-state index is -3.27. The summed E-state index contributed by atoms with van der Waals surface area (Å²) in [4.78, 5) is 0. The lowest BCUT2D eigenvalue weighted by Gasteiger charge is -2.25. The highest BCUT2D eigenvalue weighted by atomic mass is 35.5. The van der Waals surface area contributed by atoms with Crippen LogP contribution in [0.1, 0.15) is 25.8 Å². The Balaban J connectivity index is 2.82. The molecule has 0 N–H and O–H groups in total. The zero-order chi connectivity index (χ0) is 13.6. The Hall–Kier alpha value is -0.580. The molecule has 3 nitrogen and oxygen atoms in total. The van der Waals surface area contributed by atoms with Gasteiger partial charge in [-0.05, 0) is 25.8 Å². The molecule has 0 bridgehead atoms. The molecule has 0 aliphatic rings. The molecule has 0 heterocycles. The summed E-state index contributed by atoms with van der Waals surface area (Å²) < 4.78 is 26.2. The van der Waals surface area contributed by atoms with Crippen LogP contribution in [0.4, 0.5) is 0 Å². The van der Waals surface area contributed by atoms with Gasteiger partial charge in [-0.15, -0.1) is 11.6 Å². The highest BCUT2D eigenvalue weighted by molar-refractivity contribution is 7.88. The maximum Gasteiger partial charge on any atom is 0.218 e. The van der Waals surface area contributed by atoms with Gasteiger partial charge in [-0.25, -0.2) is 8.42 Å². The van der Waals surface area contributed by atoms with E-state index in [4.69, 9.17) is 11.6 Å². The van der Waals surface area contributed by atoms with Crippen molar-refractivity contribution in [1.29, 1.82) is 0 Å². The van der Waals surface area contributed by atoms with Crippen LogP contribution in [0.25, 0.3) is 0 Å². The second-order valence-electron chi connectivity index (χ2n) is 4.49. The fourth-order valence-electron chi connectivity index (χ4n) is 1.80. The Morgan fingerprint density at radius 1 is 1.22 bits per heavy atom. The molecule has 1 rings (SSSR count). The Morgan fingerprint density at radius 2 is 1.83 bits per heavy atom. The van der Waals surface area contributed by atoms with E-state index in [1.165, 1.54) is 4.31 Å². The van der Waals surface area contributed by atoms with Crippen LogP contribution in [0.2, 0.25) is 0 Å². The quantitative estimate of drug-likeness (QED) is 0.724. The first-order valence-corrected chi connectivity index (χ1v) is 8.21. The molecule has 0 unspecified atom stereocenters. The van der Waals surface area contributed by atoms with Gasteiger partial charge in [0.05, 0.1) is 5.75 Å². The van der Waals surface area contributed by atoms with E-state index in [2.05, 4.69) is 0 Å². The molecule has 1 aromatic rings. The van der Waals surface area contributed by atoms with Crippen molar-refractivity contribution in [1.82, 2.24) is 4.31 Å². The third kappa shape index (κ3) is 4.59. The molecular formula is C13H20ClNO2S. The van der Waals surface area contributed by atoms with Crippen LogP contribution in [0.5, 0.6) is 0 Å². The number of alkyl halides is 1. The standard InChI is InChI=1S/C13H20ClNO2S/c1-12(2)15(10-6-9-14)18(16,17)11-13-7-4-3-5-8-13/h3-5,7-8,12H,6,9-11H2,1-2H3. The van der Waals surface area contributed by atoms with E-state index in [0.29, 0.717) is 18.8 Å². The fraction of sp³-hybridized carbons (Fsp3) is 0.538. The van der Waals surface area contributed by atoms with Crippen LogP contribution < -0.4 is 0 Å². The van der Waals surface area contributed by atoms with Gasteiger partial charge in [0, 0.05) is 18.5 Å². The van der Waals surface area contributed by atoms with Gasteiger partial charge in [-0.1, -0.05) is 30.3 Å². The Labute approximate surface area is 115 Å². The lowest BCUT2D eigenvalue weighted by atomic mass is 10.2. The maximum atomic E-state index is 12.3. The number of sulfonamides is 1. The second-order valence-corrected chi connectivity index (χ2v) is 6.79. The molecule has 1 aromatic carbocycles. The van der Waals surface area contributed by atoms with E-state index in [-0.39, 0.29) is 11.8 Å². The zero-order valence-electron chi connectivity index (χ0n) is 10.8. The SMILES string of the molecule is CC(C)N(CCCCl)S(=O)(=O)Cc1ccccc1. The van der Waals surface area contributed by atoms with E-state index in [1.54, 1.807) is 0 Å². The van der Waals surface area contributed by atoms with E-state index in [1.807, 2.05) is 44.2 Å². The second kappa shape index (κ2) is 7.12. The van der Waals surface area contributed by atoms with Gasteiger partial charge in [-0.3, -0.25) is 0 Å². The molecular weight excluding hydrogens is 270 g/mol. The molecule has 0 radical (unpaired) electrons. The number of halogens is 1. The van der Waals surface area contributed by atoms with Gasteiger partial charge in [0.2, 0.25) is 10.0 Å². The number of hydrogen-bond acceptors (Lipinski definition) is 2. The van der Waals surface area contributed by atoms with Crippen LogP contribution in [0.3, 0.4) is 0 Å². The summed E-state index contributed by atoms with van der Waals surface area (Å²) in [6, 6.07) is 9.20. The molecule has 0 spiro atoms. The van der Waals surface area contributed by atoms with Crippen molar-refractivity contribution < 1.29 is 8.42 Å². The first-order chi connectivity index (χ1) is 8.47. The van der Waals surface area contributed by atoms with Crippen molar-refractivity contribution in [3.05, 3.63) is 35.9 Å². The minimum absolute atomic E-state index is 0.0399. The molecule has 0 saturated heterocycles. The lowest BCUT2D eigenvalue weighted by Crippen LogP contribution is -2.38. The maximum absolute atomic E-state index is 12.3. The number of hydrogen-bond donors (Lipinski definition) is 0. The van der Waals surface area contributed by atoms with Crippen molar-refractivity contribution >= 4 is 21.6 Å². The molecule has 0 fully saturated rings. The van der Waals surface area contributed by atoms with Gasteiger partial charge < -0.3 is 0 Å². The van der Waals surface area contributed by atoms with Crippen LogP contribution in [-0.2, 0) is 15.8 Å². The van der Waals surface area contributed by atoms with Crippen molar-refractivity contribution in [3.63, 3.8) is 0 Å². The Bertz CT molecular complexity index is 445. The summed E-state index contributed by atoms with van der Waals surface area (Å²) in [6.45, 7) is 4.25. The smallest absolute Gasteiger partial charge is 0.212 e. The van der Waals surface area contributed by atoms with Gasteiger partial charge in [0.25, 0.3) is 0 Å². The largest absolute Gasteiger partial charge is 0.218 e. The normalized spacial score (nSPS) is 12.3. The van der Waals surface area contributed by atoms with Crippen molar-refractivity contribution in [2.24, 2.45) is 0 Å². The van der Waals surface area contributed by atoms with Crippen LogP contribution in [-0.4, -0.2) is 31.2 Å². The van der Waals surface area contributed by atoms with Crippen LogP contribution in [0.15, 0.2) is 30.3 Å². The van der Waals surface area contributed by atoms with Gasteiger partial charge >= 0.3 is 0 Å². The highest BCUT2D eigenvalue weighted by Gasteiger charge is 2.24. The lowest BCUT2D eigenvalue weighted by molar-refractivity contribution is 0.354. The summed E-state index contributed by atoms with van der Waals surface area (Å²) in [6.07, 6.45) is 0.674. The number of nitrogens with zero attached hydrogens (tertiary/aromatic N) is 1. The number of benzene rings is 1. The molecule has 0 atom stereocenters. The predicted molar refractivity (Wildman–Crippen MR) is 76.2 cm³/mol. The summed E-state index contributed by atoms with van der Waals surface area (Å²) >= 11 is 5.64. The molecule has 0 amide bonds. The predicted octanol–water partition coefficient (Wildman–Crippen LogP) is 2.86. The van der Waals surface area contributed by atoms with Crippen molar-refractivity contribution in [3.8, 4) is 0 Å².